The maximum Gasteiger partial charge on any atom is 0.256 e. The molecule has 72 heavy (non-hydrogen) atoms. The Balaban J connectivity index is 3.12. The quantitative estimate of drug-likeness (QED) is 0.0387. The van der Waals surface area contributed by atoms with Crippen molar-refractivity contribution in [1.82, 2.24) is 19.6 Å². The van der Waals surface area contributed by atoms with Gasteiger partial charge in [0.05, 0.1) is 126 Å². The summed E-state index contributed by atoms with van der Waals surface area (Å²) in [6, 6.07) is 0. The average Bonchev–Trinajstić information content (AvgIpc) is 3.32. The van der Waals surface area contributed by atoms with Crippen molar-refractivity contribution in [2.45, 2.75) is 38.3 Å². The van der Waals surface area contributed by atoms with E-state index in [0.29, 0.717) is 0 Å². The molecule has 0 aliphatic rings. The van der Waals surface area contributed by atoms with Crippen LogP contribution in [0.1, 0.15) is 55.3 Å². The van der Waals surface area contributed by atoms with Gasteiger partial charge in [0, 0.05) is 59.5 Å². The number of hydrogen-bond acceptors (Lipinski definition) is 18. The summed E-state index contributed by atoms with van der Waals surface area (Å²) in [6.45, 7) is -6.27. The second-order valence-electron chi connectivity index (χ2n) is 15.4. The van der Waals surface area contributed by atoms with E-state index < -0.39 is 126 Å². The van der Waals surface area contributed by atoms with E-state index in [1.54, 1.807) is 136 Å². The summed E-state index contributed by atoms with van der Waals surface area (Å²) in [5.74, 6) is -5.55. The molecule has 0 fully saturated rings. The van der Waals surface area contributed by atoms with Crippen LogP contribution in [0.15, 0.2) is 0 Å². The maximum atomic E-state index is 14.4. The number of amides is 6. The van der Waals surface area contributed by atoms with Gasteiger partial charge in [-0.15, -0.1) is 0 Å². The number of carbonyl (C=O) groups excluding carboxylic acids is 6. The third-order valence-electron chi connectivity index (χ3n) is 10.5. The van der Waals surface area contributed by atoms with E-state index in [1.807, 2.05) is 0 Å². The van der Waals surface area contributed by atoms with Gasteiger partial charge in [-0.05, 0) is 149 Å². The summed E-state index contributed by atoms with van der Waals surface area (Å²) in [6.07, 6.45) is -7.92. The number of rotatable bonds is 29. The summed E-state index contributed by atoms with van der Waals surface area (Å²) in [5, 5.41) is 124. The van der Waals surface area contributed by atoms with Crippen molar-refractivity contribution in [3.05, 3.63) is 43.7 Å². The monoisotopic (exact) mass is 1700 g/mol. The van der Waals surface area contributed by atoms with Crippen LogP contribution in [0.3, 0.4) is 0 Å². The largest absolute Gasteiger partial charge is 0.395 e. The molecule has 0 saturated heterocycles. The van der Waals surface area contributed by atoms with Crippen molar-refractivity contribution < 1.29 is 90.0 Å². The molecule has 2 rings (SSSR count). The fourth-order valence-electron chi connectivity index (χ4n) is 7.04. The molecule has 2 aromatic carbocycles. The summed E-state index contributed by atoms with van der Waals surface area (Å²) >= 11 is 10.3. The molecule has 0 spiro atoms. The van der Waals surface area contributed by atoms with Crippen LogP contribution in [0.25, 0.3) is 0 Å². The lowest BCUT2D eigenvalue weighted by molar-refractivity contribution is -0.127. The molecule has 0 bridgehead atoms. The zero-order chi connectivity index (χ0) is 54.9. The first-order valence-corrected chi connectivity index (χ1v) is 28.2. The molecule has 12 N–H and O–H groups in total. The van der Waals surface area contributed by atoms with Crippen LogP contribution in [0.2, 0.25) is 0 Å². The van der Waals surface area contributed by atoms with Gasteiger partial charge in [-0.3, -0.25) is 28.8 Å². The third-order valence-corrected chi connectivity index (χ3v) is 16.9. The van der Waals surface area contributed by atoms with E-state index in [0.717, 1.165) is 43.2 Å². The summed E-state index contributed by atoms with van der Waals surface area (Å²) in [5.41, 5.74) is -1.35. The molecule has 4 unspecified atom stereocenters. The molecule has 4 atom stereocenters. The van der Waals surface area contributed by atoms with Gasteiger partial charge in [-0.1, -0.05) is 0 Å². The molecule has 24 nitrogen and oxygen atoms in total. The Labute approximate surface area is 496 Å². The van der Waals surface area contributed by atoms with Gasteiger partial charge in [0.25, 0.3) is 35.4 Å². The molecular formula is C42H58I6N6O18. The van der Waals surface area contributed by atoms with Gasteiger partial charge in [0.15, 0.2) is 0 Å². The predicted molar refractivity (Wildman–Crippen MR) is 310 cm³/mol. The Kier molecular flexibility index (Phi) is 30.6. The highest BCUT2D eigenvalue weighted by Crippen LogP contribution is 2.42. The highest BCUT2D eigenvalue weighted by Gasteiger charge is 2.40. The number of anilines is 2. The lowest BCUT2D eigenvalue weighted by Crippen LogP contribution is -2.51. The highest BCUT2D eigenvalue weighted by atomic mass is 127. The molecule has 2 aromatic rings. The summed E-state index contributed by atoms with van der Waals surface area (Å²) in [4.78, 5) is 91.8. The van der Waals surface area contributed by atoms with E-state index >= 15 is 0 Å². The molecule has 0 aliphatic heterocycles. The molecule has 30 heteroatoms. The van der Waals surface area contributed by atoms with E-state index in [2.05, 4.69) is 0 Å². The van der Waals surface area contributed by atoms with Crippen molar-refractivity contribution in [2.24, 2.45) is 0 Å². The van der Waals surface area contributed by atoms with Crippen molar-refractivity contribution in [3.63, 3.8) is 0 Å². The number of benzene rings is 2. The number of aliphatic hydroxyl groups is 12. The van der Waals surface area contributed by atoms with Gasteiger partial charge in [0.2, 0.25) is 0 Å². The number of hydrogen-bond donors (Lipinski definition) is 12. The smallest absolute Gasteiger partial charge is 0.256 e. The van der Waals surface area contributed by atoms with Gasteiger partial charge >= 0.3 is 0 Å². The minimum Gasteiger partial charge on any atom is -0.395 e. The first kappa shape index (κ1) is 67.3. The molecule has 0 aromatic heterocycles. The Hall–Kier alpha value is -0.840. The average molecular weight is 1700 g/mol. The second-order valence-corrected chi connectivity index (χ2v) is 21.9. The van der Waals surface area contributed by atoms with Crippen LogP contribution in [-0.4, -0.2) is 259 Å². The van der Waals surface area contributed by atoms with Crippen molar-refractivity contribution >= 4 is 182 Å². The zero-order valence-corrected chi connectivity index (χ0v) is 51.7. The van der Waals surface area contributed by atoms with Crippen molar-refractivity contribution in [3.8, 4) is 0 Å². The standard InChI is InChI=1S/C42H58I6N6O18/c1-21(63)37(67)53(35-31(45)25(39(69)49(3-11-55)4-12-56)29(43)26(32(35)46)40(70)50(5-13-57)6-14-58)19-23(65)24(66)20-54(38(68)22(2)64)36-33(47)27(41(71)51(7-15-59)8-16-60)30(44)28(34(36)48)42(72)52(9-17-61)10-18-62/h21-24,55-66H,3-20H2,1-2H3. The number of nitrogens with zero attached hydrogens (tertiary/aromatic N) is 6. The van der Waals surface area contributed by atoms with Gasteiger partial charge in [-0.25, -0.2) is 0 Å². The Morgan fingerprint density at radius 2 is 0.542 bits per heavy atom. The van der Waals surface area contributed by atoms with E-state index in [9.17, 15) is 90.0 Å². The minimum atomic E-state index is -2.11. The molecule has 0 saturated carbocycles. The van der Waals surface area contributed by atoms with E-state index in [1.165, 1.54) is 0 Å². The number of aliphatic hydroxyl groups excluding tert-OH is 12. The van der Waals surface area contributed by atoms with Crippen LogP contribution < -0.4 is 9.80 Å². The van der Waals surface area contributed by atoms with Crippen LogP contribution >= 0.6 is 136 Å². The molecular weight excluding hydrogens is 1640 g/mol. The molecule has 0 radical (unpaired) electrons. The summed E-state index contributed by atoms with van der Waals surface area (Å²) in [7, 11) is 0. The number of halogens is 6. The minimum absolute atomic E-state index is 0.0170. The van der Waals surface area contributed by atoms with Crippen LogP contribution in [0.5, 0.6) is 0 Å². The van der Waals surface area contributed by atoms with Gasteiger partial charge < -0.3 is 90.7 Å². The van der Waals surface area contributed by atoms with Gasteiger partial charge in [-0.2, -0.15) is 0 Å². The molecule has 406 valence electrons. The maximum absolute atomic E-state index is 14.4. The predicted octanol–water partition coefficient (Wildman–Crippen LogP) is -2.13. The first-order chi connectivity index (χ1) is 33.9. The van der Waals surface area contributed by atoms with Crippen molar-refractivity contribution in [2.75, 3.05) is 128 Å². The first-order valence-electron chi connectivity index (χ1n) is 21.8. The normalized spacial score (nSPS) is 13.0. The van der Waals surface area contributed by atoms with Crippen LogP contribution in [0.4, 0.5) is 11.4 Å². The van der Waals surface area contributed by atoms with E-state index in [4.69, 9.17) is 0 Å². The third kappa shape index (κ3) is 16.6. The van der Waals surface area contributed by atoms with Crippen molar-refractivity contribution in [1.29, 1.82) is 0 Å². The number of carbonyl (C=O) groups is 6. The van der Waals surface area contributed by atoms with Gasteiger partial charge in [0.1, 0.15) is 12.2 Å². The lowest BCUT2D eigenvalue weighted by atomic mass is 10.0. The lowest BCUT2D eigenvalue weighted by Gasteiger charge is -2.35. The van der Waals surface area contributed by atoms with Crippen LogP contribution in [-0.2, 0) is 9.59 Å². The Morgan fingerprint density at radius 1 is 0.361 bits per heavy atom. The molecule has 0 heterocycles. The molecule has 6 amide bonds. The summed E-state index contributed by atoms with van der Waals surface area (Å²) < 4.78 is -0.108. The fourth-order valence-corrected chi connectivity index (χ4v) is 16.4. The topological polar surface area (TPSA) is 365 Å². The highest BCUT2D eigenvalue weighted by molar-refractivity contribution is 14.1. The fraction of sp³-hybridized carbons (Fsp3) is 0.571. The Morgan fingerprint density at radius 3 is 0.694 bits per heavy atom. The molecule has 0 aliphatic carbocycles. The van der Waals surface area contributed by atoms with Crippen LogP contribution in [0, 0.1) is 21.4 Å². The SMILES string of the molecule is CC(O)C(=O)N(CC(O)C(O)CN(C(=O)C(C)O)c1c(I)c(C(=O)N(CCO)CCO)c(I)c(C(=O)N(CCO)CCO)c1I)c1c(I)c(C(=O)N(CCO)CCO)c(I)c(C(=O)N(CCO)CCO)c1I. The van der Waals surface area contributed by atoms with E-state index in [-0.39, 0.29) is 107 Å². The second kappa shape index (κ2) is 32.8. The zero-order valence-electron chi connectivity index (χ0n) is 38.8. The Bertz CT molecular complexity index is 1950.